The van der Waals surface area contributed by atoms with E-state index >= 15 is 0 Å². The van der Waals surface area contributed by atoms with E-state index in [0.717, 1.165) is 24.2 Å². The van der Waals surface area contributed by atoms with Gasteiger partial charge in [0.2, 0.25) is 0 Å². The zero-order valence-electron chi connectivity index (χ0n) is 14.7. The van der Waals surface area contributed by atoms with E-state index in [4.69, 9.17) is 9.15 Å². The van der Waals surface area contributed by atoms with Gasteiger partial charge in [0.25, 0.3) is 0 Å². The third-order valence-electron chi connectivity index (χ3n) is 5.93. The molecule has 0 unspecified atom stereocenters. The molecule has 2 fully saturated rings. The first kappa shape index (κ1) is 16.4. The number of hydrogen-bond acceptors (Lipinski definition) is 3. The topological polar surface area (TPSA) is 39.4 Å². The summed E-state index contributed by atoms with van der Waals surface area (Å²) in [6, 6.07) is 1.98. The van der Waals surface area contributed by atoms with E-state index in [9.17, 15) is 4.79 Å². The summed E-state index contributed by atoms with van der Waals surface area (Å²) in [4.78, 5) is 12.5. The number of rotatable bonds is 4. The standard InChI is InChI=1S/C20H28O3/c1-5-15(21)17-18-19(2,3)10-6-11-20(18,4)16(23-17)8-7-14-9-12-22-13-14/h8-9,12-13,17-18H,5-7,10-11H2,1-4H3/b16-8-/t17-,18+,20-/m1/s1. The lowest BCUT2D eigenvalue weighted by Gasteiger charge is -2.46. The number of Topliss-reactive ketones (excluding diaryl/α,β-unsaturated/α-hetero) is 1. The van der Waals surface area contributed by atoms with Crippen LogP contribution in [0.4, 0.5) is 0 Å². The van der Waals surface area contributed by atoms with Gasteiger partial charge >= 0.3 is 0 Å². The first-order valence-corrected chi connectivity index (χ1v) is 8.79. The van der Waals surface area contributed by atoms with Gasteiger partial charge in [0.15, 0.2) is 11.9 Å². The lowest BCUT2D eigenvalue weighted by molar-refractivity contribution is -0.131. The van der Waals surface area contributed by atoms with Crippen LogP contribution >= 0.6 is 0 Å². The summed E-state index contributed by atoms with van der Waals surface area (Å²) in [6.45, 7) is 8.83. The third-order valence-corrected chi connectivity index (χ3v) is 5.93. The highest BCUT2D eigenvalue weighted by Gasteiger charge is 2.59. The second-order valence-corrected chi connectivity index (χ2v) is 8.00. The van der Waals surface area contributed by atoms with E-state index in [1.165, 1.54) is 12.8 Å². The molecule has 1 aromatic heterocycles. The number of ketones is 1. The minimum atomic E-state index is -0.282. The van der Waals surface area contributed by atoms with Gasteiger partial charge < -0.3 is 9.15 Å². The molecule has 3 heteroatoms. The predicted molar refractivity (Wildman–Crippen MR) is 89.9 cm³/mol. The average molecular weight is 316 g/mol. The maximum Gasteiger partial charge on any atom is 0.173 e. The summed E-state index contributed by atoms with van der Waals surface area (Å²) >= 11 is 0. The van der Waals surface area contributed by atoms with E-state index in [-0.39, 0.29) is 28.6 Å². The molecule has 0 radical (unpaired) electrons. The highest BCUT2D eigenvalue weighted by atomic mass is 16.5. The maximum atomic E-state index is 12.5. The lowest BCUT2D eigenvalue weighted by atomic mass is 9.55. The molecule has 0 aromatic carbocycles. The Morgan fingerprint density at radius 3 is 2.78 bits per heavy atom. The van der Waals surface area contributed by atoms with Gasteiger partial charge in [-0.05, 0) is 42.4 Å². The fourth-order valence-electron chi connectivity index (χ4n) is 4.80. The molecule has 3 rings (SSSR count). The predicted octanol–water partition coefficient (Wildman–Crippen LogP) is 4.92. The Kier molecular flexibility index (Phi) is 4.16. The van der Waals surface area contributed by atoms with Crippen LogP contribution in [0.5, 0.6) is 0 Å². The highest BCUT2D eigenvalue weighted by Crippen LogP contribution is 2.61. The summed E-state index contributed by atoms with van der Waals surface area (Å²) in [5.74, 6) is 1.53. The van der Waals surface area contributed by atoms with Crippen LogP contribution in [-0.4, -0.2) is 11.9 Å². The number of fused-ring (bicyclic) bond motifs is 1. The summed E-state index contributed by atoms with van der Waals surface area (Å²) < 4.78 is 11.4. The van der Waals surface area contributed by atoms with E-state index in [0.29, 0.717) is 6.42 Å². The molecular weight excluding hydrogens is 288 g/mol. The van der Waals surface area contributed by atoms with Crippen LogP contribution in [0, 0.1) is 16.7 Å². The normalized spacial score (nSPS) is 34.2. The molecule has 1 saturated heterocycles. The maximum absolute atomic E-state index is 12.5. The molecule has 2 heterocycles. The van der Waals surface area contributed by atoms with Gasteiger partial charge in [-0.1, -0.05) is 34.1 Å². The Hall–Kier alpha value is -1.51. The summed E-state index contributed by atoms with van der Waals surface area (Å²) in [5.41, 5.74) is 1.25. The van der Waals surface area contributed by atoms with Gasteiger partial charge in [-0.3, -0.25) is 4.79 Å². The number of carbonyl (C=O) groups is 1. The van der Waals surface area contributed by atoms with Crippen molar-refractivity contribution >= 4 is 5.78 Å². The zero-order chi connectivity index (χ0) is 16.7. The van der Waals surface area contributed by atoms with Gasteiger partial charge in [-0.15, -0.1) is 0 Å². The summed E-state index contributed by atoms with van der Waals surface area (Å²) in [5, 5.41) is 0. The fourth-order valence-corrected chi connectivity index (χ4v) is 4.80. The molecule has 1 aliphatic carbocycles. The van der Waals surface area contributed by atoms with Gasteiger partial charge in [0.1, 0.15) is 0 Å². The molecule has 3 atom stereocenters. The first-order chi connectivity index (χ1) is 10.9. The molecule has 23 heavy (non-hydrogen) atoms. The Morgan fingerprint density at radius 2 is 2.13 bits per heavy atom. The summed E-state index contributed by atoms with van der Waals surface area (Å²) in [6.07, 6.45) is 10.2. The zero-order valence-corrected chi connectivity index (χ0v) is 14.7. The largest absolute Gasteiger partial charge is 0.486 e. The average Bonchev–Trinajstić information content (AvgIpc) is 3.10. The third kappa shape index (κ3) is 2.75. The molecule has 126 valence electrons. The van der Waals surface area contributed by atoms with Crippen molar-refractivity contribution in [1.29, 1.82) is 0 Å². The second-order valence-electron chi connectivity index (χ2n) is 8.00. The number of allylic oxidation sites excluding steroid dienone is 2. The molecular formula is C20H28O3. The minimum Gasteiger partial charge on any atom is -0.486 e. The van der Waals surface area contributed by atoms with Crippen molar-refractivity contribution in [2.24, 2.45) is 16.7 Å². The summed E-state index contributed by atoms with van der Waals surface area (Å²) in [7, 11) is 0. The number of ether oxygens (including phenoxy) is 1. The fraction of sp³-hybridized carbons (Fsp3) is 0.650. The molecule has 1 aromatic rings. The van der Waals surface area contributed by atoms with Gasteiger partial charge in [-0.2, -0.15) is 0 Å². The van der Waals surface area contributed by atoms with Crippen molar-refractivity contribution < 1.29 is 13.9 Å². The van der Waals surface area contributed by atoms with Crippen LogP contribution in [0.15, 0.2) is 34.8 Å². The second kappa shape index (κ2) is 5.85. The quantitative estimate of drug-likeness (QED) is 0.791. The Balaban J connectivity index is 1.95. The van der Waals surface area contributed by atoms with E-state index in [1.807, 2.05) is 13.0 Å². The van der Waals surface area contributed by atoms with Crippen LogP contribution in [0.25, 0.3) is 0 Å². The van der Waals surface area contributed by atoms with Crippen molar-refractivity contribution in [2.45, 2.75) is 65.9 Å². The SMILES string of the molecule is CCC(=O)[C@H]1O/C(=C\Cc2ccoc2)[C@@]2(C)CCCC(C)(C)[C@H]12. The molecule has 0 spiro atoms. The first-order valence-electron chi connectivity index (χ1n) is 8.79. The Bertz CT molecular complexity index is 596. The van der Waals surface area contributed by atoms with Crippen molar-refractivity contribution in [3.8, 4) is 0 Å². The molecule has 0 amide bonds. The van der Waals surface area contributed by atoms with Crippen LogP contribution in [0.3, 0.4) is 0 Å². The smallest absolute Gasteiger partial charge is 0.173 e. The highest BCUT2D eigenvalue weighted by molar-refractivity contribution is 5.84. The molecule has 1 saturated carbocycles. The molecule has 0 N–H and O–H groups in total. The number of furan rings is 1. The number of hydrogen-bond donors (Lipinski definition) is 0. The van der Waals surface area contributed by atoms with E-state index in [2.05, 4.69) is 26.8 Å². The Labute approximate surface area is 139 Å². The van der Waals surface area contributed by atoms with Crippen molar-refractivity contribution in [2.75, 3.05) is 0 Å². The van der Waals surface area contributed by atoms with E-state index < -0.39 is 0 Å². The minimum absolute atomic E-state index is 0.0268. The van der Waals surface area contributed by atoms with Gasteiger partial charge in [-0.25, -0.2) is 0 Å². The van der Waals surface area contributed by atoms with Crippen molar-refractivity contribution in [1.82, 2.24) is 0 Å². The van der Waals surface area contributed by atoms with Crippen LogP contribution in [0.2, 0.25) is 0 Å². The molecule has 2 aliphatic rings. The van der Waals surface area contributed by atoms with Gasteiger partial charge in [0, 0.05) is 17.8 Å². The monoisotopic (exact) mass is 316 g/mol. The van der Waals surface area contributed by atoms with Crippen LogP contribution in [-0.2, 0) is 16.0 Å². The molecule has 3 nitrogen and oxygen atoms in total. The number of carbonyl (C=O) groups excluding carboxylic acids is 1. The van der Waals surface area contributed by atoms with Crippen LogP contribution < -0.4 is 0 Å². The lowest BCUT2D eigenvalue weighted by Crippen LogP contribution is -2.46. The van der Waals surface area contributed by atoms with Crippen molar-refractivity contribution in [3.63, 3.8) is 0 Å². The van der Waals surface area contributed by atoms with Gasteiger partial charge in [0.05, 0.1) is 18.3 Å². The molecule has 1 aliphatic heterocycles. The van der Waals surface area contributed by atoms with E-state index in [1.54, 1.807) is 12.5 Å². The molecule has 0 bridgehead atoms. The van der Waals surface area contributed by atoms with Crippen LogP contribution in [0.1, 0.15) is 58.9 Å². The Morgan fingerprint density at radius 1 is 1.35 bits per heavy atom. The van der Waals surface area contributed by atoms with Crippen molar-refractivity contribution in [3.05, 3.63) is 36.0 Å².